The summed E-state index contributed by atoms with van der Waals surface area (Å²) in [5.74, 6) is 1.10. The van der Waals surface area contributed by atoms with Gasteiger partial charge in [0.25, 0.3) is 11.8 Å². The molecule has 160 valence electrons. The van der Waals surface area contributed by atoms with Crippen molar-refractivity contribution in [3.63, 3.8) is 0 Å². The number of anilines is 1. The van der Waals surface area contributed by atoms with Crippen molar-refractivity contribution < 1.29 is 18.7 Å². The Labute approximate surface area is 179 Å². The molecule has 8 heteroatoms. The van der Waals surface area contributed by atoms with Crippen LogP contribution in [0.4, 0.5) is 10.2 Å². The molecule has 1 atom stereocenters. The zero-order valence-corrected chi connectivity index (χ0v) is 17.1. The highest BCUT2D eigenvalue weighted by atomic mass is 19.1. The summed E-state index contributed by atoms with van der Waals surface area (Å²) in [6.45, 7) is 4.57. The Kier molecular flexibility index (Phi) is 6.37. The summed E-state index contributed by atoms with van der Waals surface area (Å²) in [6.07, 6.45) is 3.21. The van der Waals surface area contributed by atoms with Crippen LogP contribution in [0.2, 0.25) is 0 Å². The molecule has 1 unspecified atom stereocenters. The van der Waals surface area contributed by atoms with Crippen LogP contribution < -0.4 is 15.0 Å². The summed E-state index contributed by atoms with van der Waals surface area (Å²) in [6, 6.07) is 12.6. The highest BCUT2D eigenvalue weighted by Crippen LogP contribution is 2.28. The average molecular weight is 422 g/mol. The Morgan fingerprint density at radius 2 is 1.74 bits per heavy atom. The van der Waals surface area contributed by atoms with Crippen LogP contribution in [0, 0.1) is 5.82 Å². The molecule has 31 heavy (non-hydrogen) atoms. The third-order valence-corrected chi connectivity index (χ3v) is 5.01. The summed E-state index contributed by atoms with van der Waals surface area (Å²) in [5, 5.41) is 2.91. The van der Waals surface area contributed by atoms with E-state index < -0.39 is 0 Å². The Bertz CT molecular complexity index is 1020. The minimum Gasteiger partial charge on any atom is -0.436 e. The van der Waals surface area contributed by atoms with Gasteiger partial charge in [0.05, 0.1) is 19.3 Å². The second-order valence-corrected chi connectivity index (χ2v) is 7.16. The number of ether oxygens (including phenoxy) is 2. The van der Waals surface area contributed by atoms with E-state index in [2.05, 4.69) is 20.2 Å². The number of nitrogens with zero attached hydrogens (tertiary/aromatic N) is 3. The lowest BCUT2D eigenvalue weighted by Gasteiger charge is -2.28. The fourth-order valence-corrected chi connectivity index (χ4v) is 3.28. The zero-order chi connectivity index (χ0) is 21.6. The minimum atomic E-state index is -0.308. The van der Waals surface area contributed by atoms with E-state index >= 15 is 0 Å². The number of halogens is 1. The molecule has 0 saturated carbocycles. The highest BCUT2D eigenvalue weighted by Gasteiger charge is 2.19. The molecule has 1 fully saturated rings. The standard InChI is InChI=1S/C23H23FN4O3/c1-16(17-2-6-19(24)7-3-17)27-22(29)18-4-8-20(9-5-18)31-23-21(25-10-11-26-23)28-12-14-30-15-13-28/h2-11,16H,12-15H2,1H3,(H,27,29). The molecule has 1 saturated heterocycles. The van der Waals surface area contributed by atoms with Crippen LogP contribution in [0.5, 0.6) is 11.6 Å². The Morgan fingerprint density at radius 3 is 2.45 bits per heavy atom. The number of rotatable bonds is 6. The molecule has 1 amide bonds. The molecule has 3 aromatic rings. The normalized spacial score (nSPS) is 14.7. The number of morpholine rings is 1. The molecule has 0 radical (unpaired) electrons. The second kappa shape index (κ2) is 9.53. The molecular formula is C23H23FN4O3. The molecule has 1 aliphatic heterocycles. The largest absolute Gasteiger partial charge is 0.436 e. The summed E-state index contributed by atoms with van der Waals surface area (Å²) in [7, 11) is 0. The van der Waals surface area contributed by atoms with Crippen molar-refractivity contribution in [1.82, 2.24) is 15.3 Å². The first-order chi connectivity index (χ1) is 15.1. The maximum atomic E-state index is 13.1. The number of hydrogen-bond donors (Lipinski definition) is 1. The lowest BCUT2D eigenvalue weighted by molar-refractivity contribution is 0.0940. The predicted molar refractivity (Wildman–Crippen MR) is 114 cm³/mol. The number of carbonyl (C=O) groups excluding carboxylic acids is 1. The van der Waals surface area contributed by atoms with Crippen molar-refractivity contribution >= 4 is 11.7 Å². The van der Waals surface area contributed by atoms with Gasteiger partial charge >= 0.3 is 0 Å². The maximum Gasteiger partial charge on any atom is 0.263 e. The van der Waals surface area contributed by atoms with Crippen molar-refractivity contribution in [3.8, 4) is 11.6 Å². The lowest BCUT2D eigenvalue weighted by atomic mass is 10.1. The molecule has 0 aliphatic carbocycles. The molecule has 7 nitrogen and oxygen atoms in total. The summed E-state index contributed by atoms with van der Waals surface area (Å²) < 4.78 is 24.4. The number of nitrogens with one attached hydrogen (secondary N) is 1. The molecule has 2 aromatic carbocycles. The topological polar surface area (TPSA) is 76.6 Å². The van der Waals surface area contributed by atoms with Crippen LogP contribution in [-0.2, 0) is 4.74 Å². The third-order valence-electron chi connectivity index (χ3n) is 5.01. The van der Waals surface area contributed by atoms with Crippen LogP contribution in [0.15, 0.2) is 60.9 Å². The first-order valence-corrected chi connectivity index (χ1v) is 10.1. The smallest absolute Gasteiger partial charge is 0.263 e. The van der Waals surface area contributed by atoms with Crippen molar-refractivity contribution in [2.45, 2.75) is 13.0 Å². The van der Waals surface area contributed by atoms with E-state index in [9.17, 15) is 9.18 Å². The number of benzene rings is 2. The first kappa shape index (κ1) is 20.7. The summed E-state index contributed by atoms with van der Waals surface area (Å²) in [5.41, 5.74) is 1.32. The molecular weight excluding hydrogens is 399 g/mol. The lowest BCUT2D eigenvalue weighted by Crippen LogP contribution is -2.37. The van der Waals surface area contributed by atoms with Gasteiger partial charge in [0.1, 0.15) is 11.6 Å². The number of aromatic nitrogens is 2. The van der Waals surface area contributed by atoms with Gasteiger partial charge in [-0.05, 0) is 48.9 Å². The monoisotopic (exact) mass is 422 g/mol. The van der Waals surface area contributed by atoms with E-state index in [0.29, 0.717) is 36.2 Å². The van der Waals surface area contributed by atoms with Crippen LogP contribution in [0.3, 0.4) is 0 Å². The Morgan fingerprint density at radius 1 is 1.06 bits per heavy atom. The van der Waals surface area contributed by atoms with Crippen molar-refractivity contribution in [3.05, 3.63) is 77.9 Å². The van der Waals surface area contributed by atoms with Gasteiger partial charge in [-0.15, -0.1) is 0 Å². The first-order valence-electron chi connectivity index (χ1n) is 10.1. The molecule has 0 bridgehead atoms. The van der Waals surface area contributed by atoms with Gasteiger partial charge in [0.2, 0.25) is 0 Å². The molecule has 4 rings (SSSR count). The van der Waals surface area contributed by atoms with Crippen molar-refractivity contribution in [1.29, 1.82) is 0 Å². The van der Waals surface area contributed by atoms with Gasteiger partial charge < -0.3 is 19.7 Å². The average Bonchev–Trinajstić information content (AvgIpc) is 2.81. The third kappa shape index (κ3) is 5.16. The van der Waals surface area contributed by atoms with Gasteiger partial charge in [0.15, 0.2) is 5.82 Å². The number of amides is 1. The Balaban J connectivity index is 1.41. The summed E-state index contributed by atoms with van der Waals surface area (Å²) in [4.78, 5) is 23.4. The van der Waals surface area contributed by atoms with E-state index in [4.69, 9.17) is 9.47 Å². The van der Waals surface area contributed by atoms with Gasteiger partial charge in [-0.3, -0.25) is 4.79 Å². The van der Waals surface area contributed by atoms with E-state index in [1.807, 2.05) is 6.92 Å². The maximum absolute atomic E-state index is 13.1. The number of hydrogen-bond acceptors (Lipinski definition) is 6. The Hall–Kier alpha value is -3.52. The second-order valence-electron chi connectivity index (χ2n) is 7.16. The van der Waals surface area contributed by atoms with Crippen LogP contribution in [0.1, 0.15) is 28.9 Å². The molecule has 1 aromatic heterocycles. The van der Waals surface area contributed by atoms with Crippen molar-refractivity contribution in [2.75, 3.05) is 31.2 Å². The van der Waals surface area contributed by atoms with E-state index in [-0.39, 0.29) is 17.8 Å². The van der Waals surface area contributed by atoms with E-state index in [1.54, 1.807) is 48.8 Å². The zero-order valence-electron chi connectivity index (χ0n) is 17.1. The van der Waals surface area contributed by atoms with Gasteiger partial charge in [-0.2, -0.15) is 0 Å². The van der Waals surface area contributed by atoms with E-state index in [0.717, 1.165) is 18.7 Å². The molecule has 1 N–H and O–H groups in total. The van der Waals surface area contributed by atoms with Gasteiger partial charge in [-0.25, -0.2) is 14.4 Å². The quantitative estimate of drug-likeness (QED) is 0.652. The molecule has 0 spiro atoms. The van der Waals surface area contributed by atoms with Crippen LogP contribution in [0.25, 0.3) is 0 Å². The van der Waals surface area contributed by atoms with Crippen molar-refractivity contribution in [2.24, 2.45) is 0 Å². The SMILES string of the molecule is CC(NC(=O)c1ccc(Oc2nccnc2N2CCOCC2)cc1)c1ccc(F)cc1. The van der Waals surface area contributed by atoms with Crippen LogP contribution >= 0.6 is 0 Å². The highest BCUT2D eigenvalue weighted by molar-refractivity contribution is 5.94. The van der Waals surface area contributed by atoms with Gasteiger partial charge in [-0.1, -0.05) is 12.1 Å². The molecule has 1 aliphatic rings. The minimum absolute atomic E-state index is 0.225. The fraction of sp³-hybridized carbons (Fsp3) is 0.261. The fourth-order valence-electron chi connectivity index (χ4n) is 3.28. The summed E-state index contributed by atoms with van der Waals surface area (Å²) >= 11 is 0. The van der Waals surface area contributed by atoms with E-state index in [1.165, 1.54) is 12.1 Å². The van der Waals surface area contributed by atoms with Gasteiger partial charge in [0, 0.05) is 31.0 Å². The van der Waals surface area contributed by atoms with Crippen LogP contribution in [-0.4, -0.2) is 42.2 Å². The predicted octanol–water partition coefficient (Wildman–Crippen LogP) is 3.74. The molecule has 2 heterocycles. The number of carbonyl (C=O) groups is 1.